The molecule has 0 heterocycles. The zero-order valence-electron chi connectivity index (χ0n) is 13.0. The van der Waals surface area contributed by atoms with Crippen molar-refractivity contribution in [2.24, 2.45) is 0 Å². The highest BCUT2D eigenvalue weighted by Gasteiger charge is 2.30. The molecule has 0 radical (unpaired) electrons. The van der Waals surface area contributed by atoms with Crippen molar-refractivity contribution in [1.82, 2.24) is 0 Å². The fourth-order valence-corrected chi connectivity index (χ4v) is 2.59. The van der Waals surface area contributed by atoms with Gasteiger partial charge >= 0.3 is 6.18 Å². The summed E-state index contributed by atoms with van der Waals surface area (Å²) in [5, 5.41) is 2.49. The number of sulfone groups is 1. The molecule has 25 heavy (non-hydrogen) atoms. The summed E-state index contributed by atoms with van der Waals surface area (Å²) < 4.78 is 60.6. The van der Waals surface area contributed by atoms with E-state index in [2.05, 4.69) is 5.32 Å². The Morgan fingerprint density at radius 1 is 1.08 bits per heavy atom. The van der Waals surface area contributed by atoms with Crippen LogP contribution in [0, 0.1) is 0 Å². The zero-order valence-corrected chi connectivity index (χ0v) is 13.9. The lowest BCUT2D eigenvalue weighted by molar-refractivity contribution is -0.137. The highest BCUT2D eigenvalue weighted by molar-refractivity contribution is 7.90. The average Bonchev–Trinajstić information content (AvgIpc) is 2.52. The molecule has 0 fully saturated rings. The summed E-state index contributed by atoms with van der Waals surface area (Å²) >= 11 is 0. The first-order valence-corrected chi connectivity index (χ1v) is 8.91. The second kappa shape index (κ2) is 7.10. The van der Waals surface area contributed by atoms with Gasteiger partial charge in [0.1, 0.15) is 0 Å². The van der Waals surface area contributed by atoms with E-state index in [-0.39, 0.29) is 10.5 Å². The van der Waals surface area contributed by atoms with Gasteiger partial charge in [-0.3, -0.25) is 4.79 Å². The van der Waals surface area contributed by atoms with Gasteiger partial charge in [-0.1, -0.05) is 12.1 Å². The van der Waals surface area contributed by atoms with Crippen LogP contribution in [0.25, 0.3) is 6.08 Å². The summed E-state index contributed by atoms with van der Waals surface area (Å²) in [4.78, 5) is 11.9. The molecule has 0 spiro atoms. The topological polar surface area (TPSA) is 63.2 Å². The highest BCUT2D eigenvalue weighted by atomic mass is 32.2. The smallest absolute Gasteiger partial charge is 0.323 e. The molecule has 0 aliphatic heterocycles. The van der Waals surface area contributed by atoms with E-state index in [1.165, 1.54) is 42.5 Å². The Morgan fingerprint density at radius 2 is 1.72 bits per heavy atom. The van der Waals surface area contributed by atoms with E-state index in [9.17, 15) is 26.4 Å². The largest absolute Gasteiger partial charge is 0.416 e. The van der Waals surface area contributed by atoms with Crippen molar-refractivity contribution in [3.63, 3.8) is 0 Å². The Morgan fingerprint density at radius 3 is 2.28 bits per heavy atom. The first kappa shape index (κ1) is 18.7. The third kappa shape index (κ3) is 5.46. The van der Waals surface area contributed by atoms with Gasteiger partial charge in [-0.25, -0.2) is 8.42 Å². The lowest BCUT2D eigenvalue weighted by Gasteiger charge is -2.06. The quantitative estimate of drug-likeness (QED) is 0.835. The van der Waals surface area contributed by atoms with Crippen LogP contribution in [0.4, 0.5) is 18.9 Å². The van der Waals surface area contributed by atoms with Gasteiger partial charge in [0.2, 0.25) is 5.91 Å². The fourth-order valence-electron chi connectivity index (χ4n) is 1.96. The van der Waals surface area contributed by atoms with Crippen LogP contribution in [0.5, 0.6) is 0 Å². The van der Waals surface area contributed by atoms with Crippen molar-refractivity contribution in [2.45, 2.75) is 11.1 Å². The molecule has 132 valence electrons. The average molecular weight is 369 g/mol. The third-order valence-electron chi connectivity index (χ3n) is 3.19. The number of alkyl halides is 3. The molecule has 2 rings (SSSR count). The van der Waals surface area contributed by atoms with E-state index in [1.54, 1.807) is 0 Å². The van der Waals surface area contributed by atoms with Gasteiger partial charge in [-0.05, 0) is 48.0 Å². The first-order valence-electron chi connectivity index (χ1n) is 7.02. The number of carbonyl (C=O) groups excluding carboxylic acids is 1. The molecule has 0 saturated carbocycles. The molecular formula is C17H14F3NO3S. The molecule has 0 aliphatic carbocycles. The number of halogens is 3. The van der Waals surface area contributed by atoms with E-state index >= 15 is 0 Å². The van der Waals surface area contributed by atoms with Crippen LogP contribution in [-0.2, 0) is 20.8 Å². The summed E-state index contributed by atoms with van der Waals surface area (Å²) in [7, 11) is -3.33. The summed E-state index contributed by atoms with van der Waals surface area (Å²) in [5.74, 6) is -0.551. The molecule has 0 aromatic heterocycles. The molecular weight excluding hydrogens is 355 g/mol. The second-order valence-corrected chi connectivity index (χ2v) is 7.26. The van der Waals surface area contributed by atoms with Gasteiger partial charge in [0.15, 0.2) is 9.84 Å². The summed E-state index contributed by atoms with van der Waals surface area (Å²) in [6.07, 6.45) is -1.03. The minimum atomic E-state index is -4.45. The van der Waals surface area contributed by atoms with Crippen LogP contribution in [-0.4, -0.2) is 20.6 Å². The lowest BCUT2D eigenvalue weighted by Crippen LogP contribution is -2.08. The molecule has 0 atom stereocenters. The maximum atomic E-state index is 12.6. The van der Waals surface area contributed by atoms with Gasteiger partial charge in [-0.15, -0.1) is 0 Å². The Labute approximate surface area is 142 Å². The molecule has 4 nitrogen and oxygen atoms in total. The zero-order chi connectivity index (χ0) is 18.7. The molecule has 1 N–H and O–H groups in total. The standard InChI is InChI=1S/C17H14F3NO3S/c1-25(23,24)15-8-6-14(7-9-15)21-16(22)10-5-12-3-2-4-13(11-12)17(18,19)20/h2-11H,1H3,(H,21,22). The Balaban J connectivity index is 2.06. The number of benzene rings is 2. The third-order valence-corrected chi connectivity index (χ3v) is 4.32. The van der Waals surface area contributed by atoms with Crippen molar-refractivity contribution < 1.29 is 26.4 Å². The van der Waals surface area contributed by atoms with Crippen molar-refractivity contribution in [1.29, 1.82) is 0 Å². The molecule has 8 heteroatoms. The van der Waals surface area contributed by atoms with Gasteiger partial charge < -0.3 is 5.32 Å². The minimum absolute atomic E-state index is 0.116. The van der Waals surface area contributed by atoms with Crippen LogP contribution in [0.2, 0.25) is 0 Å². The number of carbonyl (C=O) groups is 1. The van der Waals surface area contributed by atoms with Crippen LogP contribution < -0.4 is 5.32 Å². The molecule has 0 aliphatic rings. The van der Waals surface area contributed by atoms with E-state index < -0.39 is 27.5 Å². The molecule has 2 aromatic carbocycles. The highest BCUT2D eigenvalue weighted by Crippen LogP contribution is 2.29. The van der Waals surface area contributed by atoms with Crippen LogP contribution in [0.1, 0.15) is 11.1 Å². The number of rotatable bonds is 4. The van der Waals surface area contributed by atoms with E-state index in [0.717, 1.165) is 24.5 Å². The summed E-state index contributed by atoms with van der Waals surface area (Å²) in [5.41, 5.74) is -0.199. The Kier molecular flexibility index (Phi) is 5.32. The predicted molar refractivity (Wildman–Crippen MR) is 88.7 cm³/mol. The fraction of sp³-hybridized carbons (Fsp3) is 0.118. The van der Waals surface area contributed by atoms with Crippen LogP contribution >= 0.6 is 0 Å². The van der Waals surface area contributed by atoms with Crippen molar-refractivity contribution in [3.05, 3.63) is 65.7 Å². The monoisotopic (exact) mass is 369 g/mol. The van der Waals surface area contributed by atoms with Gasteiger partial charge in [-0.2, -0.15) is 13.2 Å². The number of hydrogen-bond acceptors (Lipinski definition) is 3. The Hall–Kier alpha value is -2.61. The van der Waals surface area contributed by atoms with Crippen molar-refractivity contribution in [2.75, 3.05) is 11.6 Å². The SMILES string of the molecule is CS(=O)(=O)c1ccc(NC(=O)C=Cc2cccc(C(F)(F)F)c2)cc1. The number of amides is 1. The van der Waals surface area contributed by atoms with Gasteiger partial charge in [0, 0.05) is 18.0 Å². The molecule has 1 amide bonds. The van der Waals surface area contributed by atoms with Crippen molar-refractivity contribution >= 4 is 27.5 Å². The lowest BCUT2D eigenvalue weighted by atomic mass is 10.1. The molecule has 2 aromatic rings. The molecule has 0 bridgehead atoms. The number of nitrogens with one attached hydrogen (secondary N) is 1. The van der Waals surface area contributed by atoms with E-state index in [4.69, 9.17) is 0 Å². The molecule has 0 saturated heterocycles. The number of hydrogen-bond donors (Lipinski definition) is 1. The second-order valence-electron chi connectivity index (χ2n) is 5.24. The maximum Gasteiger partial charge on any atom is 0.416 e. The van der Waals surface area contributed by atoms with E-state index in [1.807, 2.05) is 0 Å². The van der Waals surface area contributed by atoms with Crippen LogP contribution in [0.3, 0.4) is 0 Å². The maximum absolute atomic E-state index is 12.6. The number of anilines is 1. The van der Waals surface area contributed by atoms with Crippen LogP contribution in [0.15, 0.2) is 59.5 Å². The van der Waals surface area contributed by atoms with Gasteiger partial charge in [0.25, 0.3) is 0 Å². The predicted octanol–water partition coefficient (Wildman–Crippen LogP) is 3.76. The van der Waals surface area contributed by atoms with E-state index in [0.29, 0.717) is 5.69 Å². The minimum Gasteiger partial charge on any atom is -0.323 e. The normalized spacial score (nSPS) is 12.3. The molecule has 0 unspecified atom stereocenters. The van der Waals surface area contributed by atoms with Crippen molar-refractivity contribution in [3.8, 4) is 0 Å². The summed E-state index contributed by atoms with van der Waals surface area (Å²) in [6, 6.07) is 10.1. The Bertz CT molecular complexity index is 901. The first-order chi connectivity index (χ1) is 11.6. The van der Waals surface area contributed by atoms with Gasteiger partial charge in [0.05, 0.1) is 10.5 Å². The summed E-state index contributed by atoms with van der Waals surface area (Å²) in [6.45, 7) is 0.